The molecule has 5 atom stereocenters. The van der Waals surface area contributed by atoms with E-state index in [-0.39, 0.29) is 29.6 Å². The van der Waals surface area contributed by atoms with Gasteiger partial charge in [0.25, 0.3) is 5.91 Å². The summed E-state index contributed by atoms with van der Waals surface area (Å²) in [5.41, 5.74) is 0.729. The number of hydrogen-bond acceptors (Lipinski definition) is 7. The van der Waals surface area contributed by atoms with Crippen molar-refractivity contribution in [1.29, 1.82) is 0 Å². The van der Waals surface area contributed by atoms with Crippen LogP contribution in [0.4, 0.5) is 5.69 Å². The standard InChI is InChI=1S/C27H32N2O6S/c1-34-19-11-9-18(10-12-19)28-15-7-13-27-22(21-20(36-27)8-3-6-17-35-26(21)33)24(31)29(23(27)25(28)32)14-4-2-5-16-30/h3,7-13,20-23,30H,2,4-6,14-17H2,1H3/t20-,21+,22+,23?,27+/m1/s1. The molecule has 2 amide bonds. The Morgan fingerprint density at radius 3 is 2.67 bits per heavy atom. The van der Waals surface area contributed by atoms with E-state index in [1.807, 2.05) is 48.6 Å². The number of likely N-dealkylation sites (tertiary alicyclic amines) is 1. The molecule has 4 aliphatic heterocycles. The summed E-state index contributed by atoms with van der Waals surface area (Å²) in [6.07, 6.45) is 10.7. The van der Waals surface area contributed by atoms with Crippen LogP contribution in [0.15, 0.2) is 48.6 Å². The van der Waals surface area contributed by atoms with Crippen molar-refractivity contribution in [2.45, 2.75) is 41.7 Å². The van der Waals surface area contributed by atoms with Gasteiger partial charge in [-0.05, 0) is 49.9 Å². The number of unbranched alkanes of at least 4 members (excludes halogenated alkanes) is 2. The van der Waals surface area contributed by atoms with E-state index < -0.39 is 22.6 Å². The van der Waals surface area contributed by atoms with E-state index in [4.69, 9.17) is 9.47 Å². The number of ether oxygens (including phenoxy) is 2. The van der Waals surface area contributed by atoms with Gasteiger partial charge in [-0.15, -0.1) is 11.8 Å². The van der Waals surface area contributed by atoms with Crippen LogP contribution in [0.5, 0.6) is 5.75 Å². The predicted octanol–water partition coefficient (Wildman–Crippen LogP) is 2.56. The minimum absolute atomic E-state index is 0.0919. The molecule has 36 heavy (non-hydrogen) atoms. The number of fused-ring (bicyclic) bond motifs is 2. The monoisotopic (exact) mass is 512 g/mol. The number of aliphatic hydroxyl groups is 1. The van der Waals surface area contributed by atoms with Crippen LogP contribution < -0.4 is 9.64 Å². The molecule has 192 valence electrons. The lowest BCUT2D eigenvalue weighted by Gasteiger charge is -2.35. The van der Waals surface area contributed by atoms with Crippen LogP contribution in [-0.2, 0) is 19.1 Å². The highest BCUT2D eigenvalue weighted by molar-refractivity contribution is 8.02. The number of esters is 1. The van der Waals surface area contributed by atoms with Gasteiger partial charge in [0.2, 0.25) is 5.91 Å². The number of rotatable bonds is 7. The minimum Gasteiger partial charge on any atom is -0.497 e. The van der Waals surface area contributed by atoms with Gasteiger partial charge >= 0.3 is 5.97 Å². The van der Waals surface area contributed by atoms with Gasteiger partial charge < -0.3 is 24.4 Å². The van der Waals surface area contributed by atoms with Crippen LogP contribution in [0.25, 0.3) is 0 Å². The molecule has 5 rings (SSSR count). The number of anilines is 1. The Labute approximate surface area is 215 Å². The molecule has 2 saturated heterocycles. The van der Waals surface area contributed by atoms with E-state index in [1.54, 1.807) is 28.7 Å². The van der Waals surface area contributed by atoms with Crippen molar-refractivity contribution in [1.82, 2.24) is 4.90 Å². The summed E-state index contributed by atoms with van der Waals surface area (Å²) in [6.45, 7) is 1.17. The summed E-state index contributed by atoms with van der Waals surface area (Å²) >= 11 is 1.55. The summed E-state index contributed by atoms with van der Waals surface area (Å²) in [5.74, 6) is -1.27. The SMILES string of the molecule is COc1ccc(N2CC=C[C@]34S[C@@H]5C=CCCOC(=O)[C@@H]5[C@H]3C(=O)N(CCCCCO)C4C2=O)cc1. The maximum absolute atomic E-state index is 14.3. The molecule has 1 aromatic rings. The molecule has 0 saturated carbocycles. The Balaban J connectivity index is 1.55. The smallest absolute Gasteiger partial charge is 0.311 e. The van der Waals surface area contributed by atoms with Crippen molar-refractivity contribution in [2.24, 2.45) is 11.8 Å². The third-order valence-corrected chi connectivity index (χ3v) is 9.31. The lowest BCUT2D eigenvalue weighted by Crippen LogP contribution is -2.53. The van der Waals surface area contributed by atoms with Crippen LogP contribution >= 0.6 is 11.8 Å². The van der Waals surface area contributed by atoms with Gasteiger partial charge in [-0.2, -0.15) is 0 Å². The highest BCUT2D eigenvalue weighted by atomic mass is 32.2. The topological polar surface area (TPSA) is 96.4 Å². The number of methoxy groups -OCH3 is 1. The first kappa shape index (κ1) is 24.9. The Hall–Kier alpha value is -2.78. The zero-order valence-electron chi connectivity index (χ0n) is 20.4. The van der Waals surface area contributed by atoms with E-state index in [0.717, 1.165) is 12.1 Å². The fourth-order valence-corrected chi connectivity index (χ4v) is 7.91. The molecular weight excluding hydrogens is 480 g/mol. The molecule has 0 radical (unpaired) electrons. The van der Waals surface area contributed by atoms with Crippen molar-refractivity contribution >= 4 is 35.2 Å². The molecule has 1 aromatic carbocycles. The van der Waals surface area contributed by atoms with Crippen LogP contribution in [0, 0.1) is 11.8 Å². The van der Waals surface area contributed by atoms with Gasteiger partial charge in [0, 0.05) is 30.6 Å². The first-order valence-electron chi connectivity index (χ1n) is 12.6. The molecule has 0 aliphatic carbocycles. The van der Waals surface area contributed by atoms with Gasteiger partial charge in [0.15, 0.2) is 0 Å². The minimum atomic E-state index is -0.852. The second-order valence-electron chi connectivity index (χ2n) is 9.59. The van der Waals surface area contributed by atoms with E-state index in [2.05, 4.69) is 0 Å². The van der Waals surface area contributed by atoms with Gasteiger partial charge in [-0.25, -0.2) is 0 Å². The maximum atomic E-state index is 14.3. The molecule has 1 unspecified atom stereocenters. The lowest BCUT2D eigenvalue weighted by atomic mass is 9.78. The molecule has 1 N–H and O–H groups in total. The molecule has 4 aliphatic rings. The lowest BCUT2D eigenvalue weighted by molar-refractivity contribution is -0.153. The van der Waals surface area contributed by atoms with E-state index in [0.29, 0.717) is 44.7 Å². The zero-order chi connectivity index (χ0) is 25.3. The summed E-state index contributed by atoms with van der Waals surface area (Å²) in [4.78, 5) is 44.8. The van der Waals surface area contributed by atoms with Gasteiger partial charge in [-0.3, -0.25) is 14.4 Å². The molecule has 8 nitrogen and oxygen atoms in total. The summed E-state index contributed by atoms with van der Waals surface area (Å²) in [6, 6.07) is 6.59. The number of carbonyl (C=O) groups excluding carboxylic acids is 3. The van der Waals surface area contributed by atoms with Crippen molar-refractivity contribution in [3.8, 4) is 5.75 Å². The summed E-state index contributed by atoms with van der Waals surface area (Å²) in [5, 5.41) is 8.97. The van der Waals surface area contributed by atoms with Crippen molar-refractivity contribution in [3.05, 3.63) is 48.6 Å². The second kappa shape index (κ2) is 10.3. The average molecular weight is 513 g/mol. The predicted molar refractivity (Wildman–Crippen MR) is 137 cm³/mol. The summed E-state index contributed by atoms with van der Waals surface area (Å²) < 4.78 is 9.93. The third-order valence-electron chi connectivity index (χ3n) is 7.56. The first-order valence-corrected chi connectivity index (χ1v) is 13.5. The van der Waals surface area contributed by atoms with E-state index in [9.17, 15) is 19.5 Å². The van der Waals surface area contributed by atoms with Crippen molar-refractivity contribution < 1.29 is 29.0 Å². The number of cyclic esters (lactones) is 1. The maximum Gasteiger partial charge on any atom is 0.311 e. The highest BCUT2D eigenvalue weighted by Gasteiger charge is 2.70. The second-order valence-corrected chi connectivity index (χ2v) is 11.1. The third kappa shape index (κ3) is 4.12. The number of hydrogen-bond donors (Lipinski definition) is 1. The van der Waals surface area contributed by atoms with Crippen LogP contribution in [-0.4, -0.2) is 77.2 Å². The van der Waals surface area contributed by atoms with Crippen LogP contribution in [0.1, 0.15) is 25.7 Å². The van der Waals surface area contributed by atoms with E-state index >= 15 is 0 Å². The molecule has 0 bridgehead atoms. The number of thioether (sulfide) groups is 1. The summed E-state index contributed by atoms with van der Waals surface area (Å²) in [7, 11) is 1.60. The fourth-order valence-electron chi connectivity index (χ4n) is 5.91. The van der Waals surface area contributed by atoms with Crippen LogP contribution in [0.3, 0.4) is 0 Å². The van der Waals surface area contributed by atoms with Gasteiger partial charge in [-0.1, -0.05) is 24.3 Å². The Morgan fingerprint density at radius 2 is 1.92 bits per heavy atom. The van der Waals surface area contributed by atoms with Gasteiger partial charge in [0.05, 0.1) is 30.3 Å². The molecular formula is C27H32N2O6S. The van der Waals surface area contributed by atoms with Gasteiger partial charge in [0.1, 0.15) is 11.8 Å². The molecule has 4 heterocycles. The molecule has 9 heteroatoms. The number of aliphatic hydroxyl groups excluding tert-OH is 1. The van der Waals surface area contributed by atoms with E-state index in [1.165, 1.54) is 0 Å². The average Bonchev–Trinajstić information content (AvgIpc) is 3.25. The number of amides is 2. The normalized spacial score (nSPS) is 31.3. The molecule has 1 spiro atoms. The quantitative estimate of drug-likeness (QED) is 0.341. The van der Waals surface area contributed by atoms with Crippen LogP contribution in [0.2, 0.25) is 0 Å². The first-order chi connectivity index (χ1) is 17.5. The highest BCUT2D eigenvalue weighted by Crippen LogP contribution is 2.60. The largest absolute Gasteiger partial charge is 0.497 e. The molecule has 0 aromatic heterocycles. The fraction of sp³-hybridized carbons (Fsp3) is 0.519. The number of nitrogens with zero attached hydrogens (tertiary/aromatic N) is 2. The Kier molecular flexibility index (Phi) is 7.12. The van der Waals surface area contributed by atoms with Crippen molar-refractivity contribution in [3.63, 3.8) is 0 Å². The Morgan fingerprint density at radius 1 is 1.11 bits per heavy atom. The number of carbonyl (C=O) groups is 3. The molecule has 2 fully saturated rings. The number of benzene rings is 1. The zero-order valence-corrected chi connectivity index (χ0v) is 21.2. The van der Waals surface area contributed by atoms with Crippen molar-refractivity contribution in [2.75, 3.05) is 38.3 Å². The Bertz CT molecular complexity index is 1070.